The fraction of sp³-hybridized carbons (Fsp3) is 0.375. The topological polar surface area (TPSA) is 101 Å². The Hall–Kier alpha value is -3.37. The lowest BCUT2D eigenvalue weighted by atomic mass is 10.1. The Bertz CT molecular complexity index is 1450. The first kappa shape index (κ1) is 22.4. The Labute approximate surface area is 197 Å². The van der Waals surface area contributed by atoms with Crippen molar-refractivity contribution in [1.82, 2.24) is 24.1 Å². The standard InChI is InChI=1S/C24H27N5O4Si/c1-34(2,3)14-13-32-15-28-23-22-19(9-11-26-23)33-12-4-5-18(30)16-8-10-25-17-6-7-20(27-21(16)17)29(22)24(28)31/h6-11H,4-5,12-15H2,1-3H3. The monoisotopic (exact) mass is 477 g/mol. The zero-order valence-electron chi connectivity index (χ0n) is 19.6. The van der Waals surface area contributed by atoms with Crippen molar-refractivity contribution in [3.05, 3.63) is 52.7 Å². The van der Waals surface area contributed by atoms with E-state index in [1.54, 1.807) is 36.7 Å². The van der Waals surface area contributed by atoms with Gasteiger partial charge in [-0.3, -0.25) is 14.3 Å². The molecule has 0 unspecified atom stereocenters. The maximum Gasteiger partial charge on any atom is 0.338 e. The molecule has 0 spiro atoms. The normalized spacial score (nSPS) is 14.3. The van der Waals surface area contributed by atoms with Gasteiger partial charge in [0.25, 0.3) is 0 Å². The minimum atomic E-state index is -1.26. The third kappa shape index (κ3) is 4.14. The summed E-state index contributed by atoms with van der Waals surface area (Å²) in [6.45, 7) is 7.85. The Balaban J connectivity index is 1.69. The third-order valence-electron chi connectivity index (χ3n) is 5.89. The first-order valence-electron chi connectivity index (χ1n) is 11.4. The van der Waals surface area contributed by atoms with Crippen molar-refractivity contribution in [2.45, 2.75) is 45.3 Å². The number of fused-ring (bicyclic) bond motifs is 2. The maximum absolute atomic E-state index is 13.6. The Morgan fingerprint density at radius 3 is 2.74 bits per heavy atom. The molecule has 0 atom stereocenters. The second-order valence-electron chi connectivity index (χ2n) is 9.65. The van der Waals surface area contributed by atoms with Crippen LogP contribution in [-0.2, 0) is 11.5 Å². The van der Waals surface area contributed by atoms with Gasteiger partial charge in [0.15, 0.2) is 11.4 Å². The molecule has 4 aromatic rings. The zero-order valence-corrected chi connectivity index (χ0v) is 20.6. The van der Waals surface area contributed by atoms with Gasteiger partial charge in [-0.2, -0.15) is 0 Å². The highest BCUT2D eigenvalue weighted by molar-refractivity contribution is 6.76. The number of hydrogen-bond donors (Lipinski definition) is 0. The molecule has 1 aliphatic heterocycles. The van der Waals surface area contributed by atoms with Gasteiger partial charge in [-0.15, -0.1) is 0 Å². The molecule has 10 heteroatoms. The summed E-state index contributed by atoms with van der Waals surface area (Å²) in [6.07, 6.45) is 4.10. The van der Waals surface area contributed by atoms with Crippen LogP contribution in [0, 0.1) is 0 Å². The third-order valence-corrected chi connectivity index (χ3v) is 7.59. The number of carbonyl (C=O) groups excluding carboxylic acids is 1. The molecule has 176 valence electrons. The number of hydrogen-bond acceptors (Lipinski definition) is 7. The Morgan fingerprint density at radius 2 is 1.91 bits per heavy atom. The number of ketones is 1. The molecule has 0 radical (unpaired) electrons. The van der Waals surface area contributed by atoms with Gasteiger partial charge in [-0.05, 0) is 30.7 Å². The van der Waals surface area contributed by atoms with Crippen molar-refractivity contribution in [3.63, 3.8) is 0 Å². The largest absolute Gasteiger partial charge is 0.491 e. The fourth-order valence-electron chi connectivity index (χ4n) is 4.03. The van der Waals surface area contributed by atoms with Crippen LogP contribution in [-0.4, -0.2) is 51.2 Å². The van der Waals surface area contributed by atoms with Crippen LogP contribution in [0.15, 0.2) is 41.5 Å². The van der Waals surface area contributed by atoms with Gasteiger partial charge < -0.3 is 9.47 Å². The van der Waals surface area contributed by atoms with E-state index in [0.29, 0.717) is 65.4 Å². The van der Waals surface area contributed by atoms with Crippen LogP contribution in [0.2, 0.25) is 25.7 Å². The number of aromatic nitrogens is 5. The summed E-state index contributed by atoms with van der Waals surface area (Å²) >= 11 is 0. The second kappa shape index (κ2) is 8.77. The van der Waals surface area contributed by atoms with Gasteiger partial charge in [-0.1, -0.05) is 19.6 Å². The highest BCUT2D eigenvalue weighted by atomic mass is 28.3. The van der Waals surface area contributed by atoms with Gasteiger partial charge >= 0.3 is 5.69 Å². The summed E-state index contributed by atoms with van der Waals surface area (Å²) in [4.78, 5) is 40.0. The molecule has 0 saturated heterocycles. The molecular weight excluding hydrogens is 450 g/mol. The first-order chi connectivity index (χ1) is 16.3. The predicted octanol–water partition coefficient (Wildman–Crippen LogP) is 3.80. The van der Waals surface area contributed by atoms with Crippen LogP contribution in [0.1, 0.15) is 23.2 Å². The van der Waals surface area contributed by atoms with E-state index >= 15 is 0 Å². The number of ether oxygens (including phenoxy) is 2. The smallest absolute Gasteiger partial charge is 0.338 e. The SMILES string of the molecule is C[Si](C)(C)CCOCn1c(=O)n2c3c(ccnc31)OCCCC(=O)c1ccnc3ccc-2nc13. The number of Topliss-reactive ketones (excluding diaryl/α,β-unsaturated/α-hetero) is 1. The highest BCUT2D eigenvalue weighted by Gasteiger charge is 2.23. The van der Waals surface area contributed by atoms with E-state index in [2.05, 4.69) is 29.6 Å². The van der Waals surface area contributed by atoms with Crippen molar-refractivity contribution in [1.29, 1.82) is 0 Å². The molecule has 0 amide bonds. The van der Waals surface area contributed by atoms with E-state index in [1.807, 2.05) is 0 Å². The van der Waals surface area contributed by atoms with Crippen LogP contribution >= 0.6 is 0 Å². The van der Waals surface area contributed by atoms with Gasteiger partial charge in [-0.25, -0.2) is 19.3 Å². The van der Waals surface area contributed by atoms with Crippen LogP contribution in [0.25, 0.3) is 28.0 Å². The van der Waals surface area contributed by atoms with Crippen molar-refractivity contribution in [3.8, 4) is 11.6 Å². The van der Waals surface area contributed by atoms with Crippen LogP contribution in [0.4, 0.5) is 0 Å². The van der Waals surface area contributed by atoms with E-state index < -0.39 is 8.07 Å². The number of carbonyl (C=O) groups is 1. The van der Waals surface area contributed by atoms with E-state index in [1.165, 1.54) is 9.13 Å². The summed E-state index contributed by atoms with van der Waals surface area (Å²) in [7, 11) is -1.26. The van der Waals surface area contributed by atoms with E-state index in [4.69, 9.17) is 14.5 Å². The molecule has 4 aromatic heterocycles. The summed E-state index contributed by atoms with van der Waals surface area (Å²) in [5.41, 5.74) is 2.26. The van der Waals surface area contributed by atoms with Crippen LogP contribution in [0.3, 0.4) is 0 Å². The minimum absolute atomic E-state index is 0.0259. The average molecular weight is 478 g/mol. The van der Waals surface area contributed by atoms with E-state index in [-0.39, 0.29) is 18.2 Å². The van der Waals surface area contributed by atoms with Crippen molar-refractivity contribution in [2.24, 2.45) is 0 Å². The minimum Gasteiger partial charge on any atom is -0.491 e. The first-order valence-corrected chi connectivity index (χ1v) is 15.1. The molecule has 34 heavy (non-hydrogen) atoms. The van der Waals surface area contributed by atoms with E-state index in [9.17, 15) is 9.59 Å². The molecule has 0 N–H and O–H groups in total. The summed E-state index contributed by atoms with van der Waals surface area (Å²) in [5.74, 6) is 0.870. The molecule has 0 aromatic carbocycles. The molecule has 2 bridgehead atoms. The number of nitrogens with zero attached hydrogens (tertiary/aromatic N) is 5. The molecule has 0 fully saturated rings. The van der Waals surface area contributed by atoms with Gasteiger partial charge in [0.2, 0.25) is 0 Å². The van der Waals surface area contributed by atoms with Crippen LogP contribution in [0.5, 0.6) is 5.75 Å². The Kier molecular flexibility index (Phi) is 5.78. The number of imidazole rings is 1. The van der Waals surface area contributed by atoms with Gasteiger partial charge in [0.1, 0.15) is 29.3 Å². The fourth-order valence-corrected chi connectivity index (χ4v) is 4.79. The molecule has 0 saturated carbocycles. The summed E-state index contributed by atoms with van der Waals surface area (Å²) < 4.78 is 14.9. The lowest BCUT2D eigenvalue weighted by Crippen LogP contribution is -2.26. The van der Waals surface area contributed by atoms with Gasteiger partial charge in [0.05, 0.1) is 12.1 Å². The lowest BCUT2D eigenvalue weighted by molar-refractivity contribution is 0.0871. The van der Waals surface area contributed by atoms with Crippen molar-refractivity contribution >= 4 is 36.1 Å². The van der Waals surface area contributed by atoms with Crippen LogP contribution < -0.4 is 10.4 Å². The second-order valence-corrected chi connectivity index (χ2v) is 15.3. The summed E-state index contributed by atoms with van der Waals surface area (Å²) in [6, 6.07) is 7.91. The predicted molar refractivity (Wildman–Crippen MR) is 132 cm³/mol. The van der Waals surface area contributed by atoms with Crippen molar-refractivity contribution < 1.29 is 14.3 Å². The van der Waals surface area contributed by atoms with E-state index in [0.717, 1.165) is 6.04 Å². The molecular formula is C24H27N5O4Si. The van der Waals surface area contributed by atoms with Crippen molar-refractivity contribution in [2.75, 3.05) is 13.2 Å². The molecule has 5 rings (SSSR count). The maximum atomic E-state index is 13.6. The molecule has 5 heterocycles. The average Bonchev–Trinajstić information content (AvgIpc) is 3.09. The van der Waals surface area contributed by atoms with Gasteiger partial charge in [0, 0.05) is 45.1 Å². The zero-order chi connectivity index (χ0) is 23.9. The lowest BCUT2D eigenvalue weighted by Gasteiger charge is -2.15. The molecule has 9 nitrogen and oxygen atoms in total. The molecule has 1 aliphatic rings. The molecule has 0 aliphatic carbocycles. The number of pyridine rings is 3. The number of rotatable bonds is 5. The Morgan fingerprint density at radius 1 is 1.09 bits per heavy atom. The quantitative estimate of drug-likeness (QED) is 0.318. The highest BCUT2D eigenvalue weighted by Crippen LogP contribution is 2.28. The summed E-state index contributed by atoms with van der Waals surface area (Å²) in [5, 5.41) is 0.